The molecule has 0 spiro atoms. The highest BCUT2D eigenvalue weighted by atomic mass is 32.2. The van der Waals surface area contributed by atoms with Crippen LogP contribution in [0.1, 0.15) is 51.3 Å². The van der Waals surface area contributed by atoms with Crippen molar-refractivity contribution >= 4 is 10.8 Å². The number of ether oxygens (including phenoxy) is 1. The Labute approximate surface area is 125 Å². The molecule has 1 N–H and O–H groups in total. The molecule has 1 aromatic rings. The third-order valence-electron chi connectivity index (χ3n) is 3.64. The minimum absolute atomic E-state index is 0.217. The summed E-state index contributed by atoms with van der Waals surface area (Å²) < 4.78 is 17.7. The lowest BCUT2D eigenvalue weighted by atomic mass is 10.0. The lowest BCUT2D eigenvalue weighted by molar-refractivity contribution is 0.410. The maximum Gasteiger partial charge on any atom is 0.123 e. The summed E-state index contributed by atoms with van der Waals surface area (Å²) in [6.45, 7) is 9.28. The first-order valence-electron chi connectivity index (χ1n) is 7.30. The highest BCUT2D eigenvalue weighted by Crippen LogP contribution is 2.25. The van der Waals surface area contributed by atoms with Gasteiger partial charge >= 0.3 is 0 Å². The predicted octanol–water partition coefficient (Wildman–Crippen LogP) is 3.41. The molecule has 1 rings (SSSR count). The van der Waals surface area contributed by atoms with E-state index in [0.29, 0.717) is 11.8 Å². The summed E-state index contributed by atoms with van der Waals surface area (Å²) in [5, 5.41) is 3.61. The highest BCUT2D eigenvalue weighted by Gasteiger charge is 2.14. The lowest BCUT2D eigenvalue weighted by Gasteiger charge is -2.17. The molecule has 0 saturated heterocycles. The van der Waals surface area contributed by atoms with Gasteiger partial charge in [0, 0.05) is 27.7 Å². The number of rotatable bonds is 8. The van der Waals surface area contributed by atoms with Crippen molar-refractivity contribution < 1.29 is 8.95 Å². The van der Waals surface area contributed by atoms with Crippen molar-refractivity contribution in [3.8, 4) is 5.75 Å². The first-order chi connectivity index (χ1) is 9.53. The largest absolute Gasteiger partial charge is 0.496 e. The van der Waals surface area contributed by atoms with E-state index in [1.54, 1.807) is 7.11 Å². The van der Waals surface area contributed by atoms with Crippen molar-refractivity contribution in [2.75, 3.05) is 13.7 Å². The minimum atomic E-state index is -0.853. The monoisotopic (exact) mass is 297 g/mol. The Bertz CT molecular complexity index is 448. The van der Waals surface area contributed by atoms with Gasteiger partial charge in [-0.3, -0.25) is 4.21 Å². The van der Waals surface area contributed by atoms with Crippen LogP contribution in [0.15, 0.2) is 18.2 Å². The van der Waals surface area contributed by atoms with Gasteiger partial charge in [-0.05, 0) is 37.6 Å². The average molecular weight is 297 g/mol. The van der Waals surface area contributed by atoms with Crippen LogP contribution in [0.2, 0.25) is 0 Å². The first kappa shape index (κ1) is 17.2. The van der Waals surface area contributed by atoms with Crippen LogP contribution in [0.4, 0.5) is 0 Å². The molecule has 0 radical (unpaired) electrons. The SMILES string of the molecule is CCNC(C)c1ccc(OC)c(CS(=O)C(C)CC)c1. The highest BCUT2D eigenvalue weighted by molar-refractivity contribution is 7.84. The van der Waals surface area contributed by atoms with E-state index in [9.17, 15) is 4.21 Å². The predicted molar refractivity (Wildman–Crippen MR) is 86.7 cm³/mol. The molecule has 0 aromatic heterocycles. The van der Waals surface area contributed by atoms with Gasteiger partial charge in [0.05, 0.1) is 12.9 Å². The van der Waals surface area contributed by atoms with Crippen molar-refractivity contribution in [1.29, 1.82) is 0 Å². The van der Waals surface area contributed by atoms with Gasteiger partial charge in [-0.1, -0.05) is 26.8 Å². The van der Waals surface area contributed by atoms with E-state index in [2.05, 4.69) is 38.2 Å². The molecular formula is C16H27NO2S. The van der Waals surface area contributed by atoms with Crippen LogP contribution in [0, 0.1) is 0 Å². The van der Waals surface area contributed by atoms with Gasteiger partial charge in [-0.25, -0.2) is 0 Å². The molecule has 0 aliphatic rings. The van der Waals surface area contributed by atoms with Gasteiger partial charge in [0.2, 0.25) is 0 Å². The molecule has 0 saturated carbocycles. The second kappa shape index (κ2) is 8.42. The van der Waals surface area contributed by atoms with Crippen LogP contribution in [-0.4, -0.2) is 23.1 Å². The Morgan fingerprint density at radius 2 is 2.00 bits per heavy atom. The van der Waals surface area contributed by atoms with E-state index in [1.807, 2.05) is 13.0 Å². The zero-order valence-electron chi connectivity index (χ0n) is 13.2. The zero-order chi connectivity index (χ0) is 15.1. The topological polar surface area (TPSA) is 38.3 Å². The van der Waals surface area contributed by atoms with E-state index >= 15 is 0 Å². The molecule has 4 heteroatoms. The quantitative estimate of drug-likeness (QED) is 0.799. The summed E-state index contributed by atoms with van der Waals surface area (Å²) >= 11 is 0. The zero-order valence-corrected chi connectivity index (χ0v) is 14.0. The molecule has 0 amide bonds. The fraction of sp³-hybridized carbons (Fsp3) is 0.625. The molecule has 0 fully saturated rings. The van der Waals surface area contributed by atoms with Crippen LogP contribution in [0.3, 0.4) is 0 Å². The molecule has 20 heavy (non-hydrogen) atoms. The lowest BCUT2D eigenvalue weighted by Crippen LogP contribution is -2.18. The Kier molecular flexibility index (Phi) is 7.24. The molecule has 114 valence electrons. The Morgan fingerprint density at radius 3 is 2.55 bits per heavy atom. The van der Waals surface area contributed by atoms with Crippen molar-refractivity contribution in [3.05, 3.63) is 29.3 Å². The number of benzene rings is 1. The van der Waals surface area contributed by atoms with E-state index in [-0.39, 0.29) is 5.25 Å². The van der Waals surface area contributed by atoms with Gasteiger partial charge in [0.15, 0.2) is 0 Å². The maximum atomic E-state index is 12.3. The van der Waals surface area contributed by atoms with Gasteiger partial charge in [0.25, 0.3) is 0 Å². The van der Waals surface area contributed by atoms with Gasteiger partial charge in [-0.2, -0.15) is 0 Å². The summed E-state index contributed by atoms with van der Waals surface area (Å²) in [5.74, 6) is 1.39. The number of hydrogen-bond acceptors (Lipinski definition) is 3. The Balaban J connectivity index is 2.97. The molecule has 0 aliphatic carbocycles. The number of methoxy groups -OCH3 is 1. The van der Waals surface area contributed by atoms with Crippen molar-refractivity contribution in [1.82, 2.24) is 5.32 Å². The first-order valence-corrected chi connectivity index (χ1v) is 8.69. The molecule has 3 unspecified atom stereocenters. The third-order valence-corrected chi connectivity index (χ3v) is 5.46. The van der Waals surface area contributed by atoms with Crippen LogP contribution in [0.5, 0.6) is 5.75 Å². The van der Waals surface area contributed by atoms with E-state index in [1.165, 1.54) is 5.56 Å². The Hall–Kier alpha value is -0.870. The molecule has 1 aromatic carbocycles. The summed E-state index contributed by atoms with van der Waals surface area (Å²) in [6, 6.07) is 6.46. The fourth-order valence-corrected chi connectivity index (χ4v) is 3.27. The summed E-state index contributed by atoms with van der Waals surface area (Å²) in [5.41, 5.74) is 2.25. The Morgan fingerprint density at radius 1 is 1.30 bits per heavy atom. The standard InChI is InChI=1S/C16H27NO2S/c1-6-12(3)20(18)11-15-10-14(13(4)17-7-2)8-9-16(15)19-5/h8-10,12-13,17H,6-7,11H2,1-5H3. The van der Waals surface area contributed by atoms with Gasteiger partial charge < -0.3 is 10.1 Å². The van der Waals surface area contributed by atoms with Crippen LogP contribution < -0.4 is 10.1 Å². The molecule has 0 aliphatic heterocycles. The van der Waals surface area contributed by atoms with Crippen LogP contribution in [-0.2, 0) is 16.6 Å². The third kappa shape index (κ3) is 4.60. The van der Waals surface area contributed by atoms with Crippen molar-refractivity contribution in [2.24, 2.45) is 0 Å². The van der Waals surface area contributed by atoms with Crippen LogP contribution in [0.25, 0.3) is 0 Å². The summed E-state index contributed by atoms with van der Waals surface area (Å²) in [6.07, 6.45) is 0.933. The molecule has 0 heterocycles. The molecule has 3 atom stereocenters. The van der Waals surface area contributed by atoms with E-state index in [4.69, 9.17) is 4.74 Å². The number of hydrogen-bond donors (Lipinski definition) is 1. The van der Waals surface area contributed by atoms with Gasteiger partial charge in [-0.15, -0.1) is 0 Å². The van der Waals surface area contributed by atoms with Crippen molar-refractivity contribution in [2.45, 2.75) is 51.2 Å². The molecule has 0 bridgehead atoms. The van der Waals surface area contributed by atoms with Gasteiger partial charge in [0.1, 0.15) is 5.75 Å². The second-order valence-electron chi connectivity index (χ2n) is 5.09. The fourth-order valence-electron chi connectivity index (χ4n) is 2.09. The minimum Gasteiger partial charge on any atom is -0.496 e. The molecule has 3 nitrogen and oxygen atoms in total. The van der Waals surface area contributed by atoms with E-state index in [0.717, 1.165) is 24.3 Å². The normalized spacial score (nSPS) is 15.7. The van der Waals surface area contributed by atoms with Crippen LogP contribution >= 0.6 is 0 Å². The number of nitrogens with one attached hydrogen (secondary N) is 1. The molecular weight excluding hydrogens is 270 g/mol. The average Bonchev–Trinajstić information content (AvgIpc) is 2.46. The summed E-state index contributed by atoms with van der Waals surface area (Å²) in [7, 11) is 0.812. The van der Waals surface area contributed by atoms with Crippen molar-refractivity contribution in [3.63, 3.8) is 0 Å². The summed E-state index contributed by atoms with van der Waals surface area (Å²) in [4.78, 5) is 0. The second-order valence-corrected chi connectivity index (χ2v) is 6.95. The smallest absolute Gasteiger partial charge is 0.123 e. The maximum absolute atomic E-state index is 12.3. The van der Waals surface area contributed by atoms with E-state index < -0.39 is 10.8 Å².